The molecule has 2 aromatic carbocycles. The Kier molecular flexibility index (Phi) is 12.4. The highest BCUT2D eigenvalue weighted by Crippen LogP contribution is 2.42. The molecule has 2 atom stereocenters. The Hall–Kier alpha value is -7.99. The van der Waals surface area contributed by atoms with E-state index in [4.69, 9.17) is 16.6 Å². The van der Waals surface area contributed by atoms with Gasteiger partial charge in [-0.3, -0.25) is 14.2 Å². The van der Waals surface area contributed by atoms with Crippen molar-refractivity contribution in [3.63, 3.8) is 0 Å². The minimum atomic E-state index is -0.384. The van der Waals surface area contributed by atoms with Gasteiger partial charge in [0.15, 0.2) is 11.6 Å². The van der Waals surface area contributed by atoms with Gasteiger partial charge in [-0.05, 0) is 59.8 Å². The highest BCUT2D eigenvalue weighted by atomic mass is 35.5. The molecule has 2 aliphatic heterocycles. The SMILES string of the molecule is CCC1C(=O)N(C)c2cnc(-n3ccnc3)nc2N1c1cccc(-c2cncnc2)c1.CCC1C(=O)N(C)c2cnc(Cl)nc2N1c1cccc(-c2cncnc2)c1.c1c[nH]cn1. The maximum Gasteiger partial charge on any atom is 0.250 e. The molecule has 6 aromatic heterocycles. The maximum atomic E-state index is 13.2. The van der Waals surface area contributed by atoms with E-state index >= 15 is 0 Å². The number of imidazole rings is 2. The Bertz CT molecular complexity index is 2780. The molecule has 8 aromatic rings. The zero-order chi connectivity index (χ0) is 43.9. The molecule has 316 valence electrons. The fourth-order valence-electron chi connectivity index (χ4n) is 7.33. The maximum absolute atomic E-state index is 13.2. The number of hydrogen-bond donors (Lipinski definition) is 1. The molecule has 63 heavy (non-hydrogen) atoms. The van der Waals surface area contributed by atoms with Crippen molar-refractivity contribution in [2.24, 2.45) is 0 Å². The van der Waals surface area contributed by atoms with Gasteiger partial charge >= 0.3 is 0 Å². The first kappa shape index (κ1) is 41.7. The summed E-state index contributed by atoms with van der Waals surface area (Å²) in [6.07, 6.45) is 24.8. The van der Waals surface area contributed by atoms with Gasteiger partial charge in [-0.25, -0.2) is 39.9 Å². The van der Waals surface area contributed by atoms with Gasteiger partial charge in [0, 0.05) is 86.2 Å². The number of anilines is 6. The van der Waals surface area contributed by atoms with Crippen LogP contribution in [0.25, 0.3) is 28.2 Å². The number of amides is 2. The van der Waals surface area contributed by atoms with Crippen LogP contribution in [0.1, 0.15) is 26.7 Å². The van der Waals surface area contributed by atoms with Crippen molar-refractivity contribution in [2.75, 3.05) is 33.7 Å². The third kappa shape index (κ3) is 8.64. The number of aromatic nitrogens is 12. The van der Waals surface area contributed by atoms with Gasteiger partial charge in [0.2, 0.25) is 23.0 Å². The predicted molar refractivity (Wildman–Crippen MR) is 239 cm³/mol. The Morgan fingerprint density at radius 1 is 0.635 bits per heavy atom. The summed E-state index contributed by atoms with van der Waals surface area (Å²) in [4.78, 5) is 77.8. The van der Waals surface area contributed by atoms with Crippen LogP contribution in [0.2, 0.25) is 5.28 Å². The molecule has 0 fully saturated rings. The minimum Gasteiger partial charge on any atom is -0.351 e. The number of halogens is 1. The molecule has 19 heteroatoms. The quantitative estimate of drug-likeness (QED) is 0.162. The van der Waals surface area contributed by atoms with E-state index in [1.807, 2.05) is 72.2 Å². The van der Waals surface area contributed by atoms with Crippen LogP contribution in [-0.2, 0) is 9.59 Å². The summed E-state index contributed by atoms with van der Waals surface area (Å²) in [5.74, 6) is 1.78. The highest BCUT2D eigenvalue weighted by Gasteiger charge is 2.39. The first-order chi connectivity index (χ1) is 30.8. The first-order valence-electron chi connectivity index (χ1n) is 19.9. The summed E-state index contributed by atoms with van der Waals surface area (Å²) in [7, 11) is 3.50. The lowest BCUT2D eigenvalue weighted by Gasteiger charge is -2.40. The number of H-pyrrole nitrogens is 1. The number of fused-ring (bicyclic) bond motifs is 2. The summed E-state index contributed by atoms with van der Waals surface area (Å²) in [6, 6.07) is 15.1. The molecule has 0 saturated carbocycles. The number of nitrogens with one attached hydrogen (secondary N) is 1. The van der Waals surface area contributed by atoms with Crippen LogP contribution >= 0.6 is 11.6 Å². The number of rotatable bonds is 7. The van der Waals surface area contributed by atoms with Crippen LogP contribution in [-0.4, -0.2) is 97.4 Å². The Morgan fingerprint density at radius 2 is 1.17 bits per heavy atom. The third-order valence-corrected chi connectivity index (χ3v) is 10.6. The fourth-order valence-corrected chi connectivity index (χ4v) is 7.46. The van der Waals surface area contributed by atoms with Crippen molar-refractivity contribution in [1.82, 2.24) is 59.4 Å². The monoisotopic (exact) mass is 860 g/mol. The second-order valence-corrected chi connectivity index (χ2v) is 14.5. The first-order valence-corrected chi connectivity index (χ1v) is 20.3. The van der Waals surface area contributed by atoms with E-state index in [-0.39, 0.29) is 29.2 Å². The zero-order valence-corrected chi connectivity index (χ0v) is 35.4. The topological polar surface area (TPSA) is 197 Å². The van der Waals surface area contributed by atoms with Crippen LogP contribution in [0.15, 0.2) is 136 Å². The number of carbonyl (C=O) groups excluding carboxylic acids is 2. The number of nitrogens with zero attached hydrogens (tertiary/aromatic N) is 15. The van der Waals surface area contributed by atoms with Crippen molar-refractivity contribution in [3.8, 4) is 28.2 Å². The molecule has 0 bridgehead atoms. The van der Waals surface area contributed by atoms with E-state index in [0.717, 1.165) is 33.6 Å². The van der Waals surface area contributed by atoms with E-state index in [0.29, 0.717) is 41.8 Å². The zero-order valence-electron chi connectivity index (χ0n) is 34.7. The van der Waals surface area contributed by atoms with Crippen LogP contribution < -0.4 is 19.6 Å². The molecule has 8 heterocycles. The highest BCUT2D eigenvalue weighted by molar-refractivity contribution is 6.28. The smallest absolute Gasteiger partial charge is 0.250 e. The number of carbonyl (C=O) groups is 2. The lowest BCUT2D eigenvalue weighted by Crippen LogP contribution is -2.50. The minimum absolute atomic E-state index is 0.00225. The van der Waals surface area contributed by atoms with Gasteiger partial charge in [0.05, 0.1) is 18.7 Å². The van der Waals surface area contributed by atoms with Crippen LogP contribution in [0.3, 0.4) is 0 Å². The summed E-state index contributed by atoms with van der Waals surface area (Å²) >= 11 is 6.06. The lowest BCUT2D eigenvalue weighted by atomic mass is 10.0. The van der Waals surface area contributed by atoms with E-state index in [1.165, 1.54) is 12.7 Å². The molecule has 2 unspecified atom stereocenters. The molecule has 2 aliphatic rings. The van der Waals surface area contributed by atoms with Gasteiger partial charge in [0.1, 0.15) is 42.4 Å². The molecule has 18 nitrogen and oxygen atoms in total. The van der Waals surface area contributed by atoms with Gasteiger partial charge < -0.3 is 24.6 Å². The summed E-state index contributed by atoms with van der Waals surface area (Å²) < 4.78 is 1.74. The molecule has 0 aliphatic carbocycles. The molecule has 1 N–H and O–H groups in total. The Labute approximate surface area is 367 Å². The van der Waals surface area contributed by atoms with Gasteiger partial charge in [-0.1, -0.05) is 38.1 Å². The largest absolute Gasteiger partial charge is 0.351 e. The second-order valence-electron chi connectivity index (χ2n) is 14.2. The average molecular weight is 861 g/mol. The number of aromatic amines is 1. The molecule has 2 amide bonds. The molecule has 0 spiro atoms. The number of likely N-dealkylation sites (N-methyl/N-ethyl adjacent to an activating group) is 2. The summed E-state index contributed by atoms with van der Waals surface area (Å²) in [5, 5.41) is 0.143. The summed E-state index contributed by atoms with van der Waals surface area (Å²) in [6.45, 7) is 3.98. The average Bonchev–Trinajstić information content (AvgIpc) is 4.11. The van der Waals surface area contributed by atoms with E-state index in [9.17, 15) is 9.59 Å². The van der Waals surface area contributed by atoms with Gasteiger partial charge in [-0.15, -0.1) is 0 Å². The molecule has 10 rings (SSSR count). The second kappa shape index (κ2) is 18.7. The van der Waals surface area contributed by atoms with Crippen molar-refractivity contribution < 1.29 is 9.59 Å². The molecular formula is C44H41ClN16O2. The Balaban J connectivity index is 0.000000157. The molecule has 0 radical (unpaired) electrons. The normalized spacial score (nSPS) is 15.4. The van der Waals surface area contributed by atoms with Crippen LogP contribution in [0.4, 0.5) is 34.4 Å². The van der Waals surface area contributed by atoms with Crippen molar-refractivity contribution in [2.45, 2.75) is 38.8 Å². The van der Waals surface area contributed by atoms with E-state index in [1.54, 1.807) is 103 Å². The third-order valence-electron chi connectivity index (χ3n) is 10.4. The van der Waals surface area contributed by atoms with Crippen molar-refractivity contribution in [1.29, 1.82) is 0 Å². The predicted octanol–water partition coefficient (Wildman–Crippen LogP) is 6.90. The Morgan fingerprint density at radius 3 is 1.63 bits per heavy atom. The van der Waals surface area contributed by atoms with Crippen molar-refractivity contribution >= 4 is 57.8 Å². The molecular weight excluding hydrogens is 820 g/mol. The lowest BCUT2D eigenvalue weighted by molar-refractivity contribution is -0.120. The van der Waals surface area contributed by atoms with Crippen LogP contribution in [0.5, 0.6) is 0 Å². The molecule has 0 saturated heterocycles. The van der Waals surface area contributed by atoms with Crippen LogP contribution in [0, 0.1) is 0 Å². The van der Waals surface area contributed by atoms with Crippen molar-refractivity contribution in [3.05, 3.63) is 141 Å². The number of hydrogen-bond acceptors (Lipinski definition) is 14. The van der Waals surface area contributed by atoms with Gasteiger partial charge in [-0.2, -0.15) is 9.97 Å². The van der Waals surface area contributed by atoms with Gasteiger partial charge in [0.25, 0.3) is 0 Å². The summed E-state index contributed by atoms with van der Waals surface area (Å²) in [5.41, 5.74) is 6.72. The standard InChI is InChI=1S/C22H20N8O.C19H17ClN6O.C3H4N2/c1-3-18-21(31)28(2)19-12-26-22(29-8-7-23-14-29)27-20(19)30(18)17-6-4-5-15(9-17)16-10-24-13-25-11-16;1-3-15-18(27)25(2)16-10-23-19(20)24-17(16)26(15)14-6-4-5-12(7-14)13-8-21-11-22-9-13;1-2-5-3-4-1/h4-14,18H,3H2,1-2H3;4-11,15H,3H2,1-2H3;1-3H,(H,4,5). The number of benzene rings is 2. The van der Waals surface area contributed by atoms with E-state index < -0.39 is 0 Å². The van der Waals surface area contributed by atoms with E-state index in [2.05, 4.69) is 49.8 Å². The fraction of sp³-hybridized carbons (Fsp3) is 0.182.